The summed E-state index contributed by atoms with van der Waals surface area (Å²) in [7, 11) is 0. The molecular weight excluding hydrogens is 269 g/mol. The molecule has 5 heteroatoms. The van der Waals surface area contributed by atoms with Gasteiger partial charge in [0.2, 0.25) is 5.88 Å². The molecule has 4 nitrogen and oxygen atoms in total. The van der Waals surface area contributed by atoms with Crippen LogP contribution in [-0.2, 0) is 19.4 Å². The number of benzene rings is 1. The highest BCUT2D eigenvalue weighted by Crippen LogP contribution is 2.27. The number of aromatic nitrogens is 2. The molecule has 112 valence electrons. The van der Waals surface area contributed by atoms with Crippen LogP contribution >= 0.6 is 0 Å². The van der Waals surface area contributed by atoms with E-state index in [0.29, 0.717) is 23.7 Å². The number of aryl methyl sites for hydroxylation is 2. The first-order valence-electron chi connectivity index (χ1n) is 7.12. The van der Waals surface area contributed by atoms with Crippen LogP contribution in [0.3, 0.4) is 0 Å². The Kier molecular flexibility index (Phi) is 4.85. The number of hydrogen-bond donors (Lipinski definition) is 1. The second kappa shape index (κ2) is 6.63. The molecule has 1 aromatic carbocycles. The summed E-state index contributed by atoms with van der Waals surface area (Å²) in [4.78, 5) is 0. The van der Waals surface area contributed by atoms with Crippen molar-refractivity contribution in [3.63, 3.8) is 0 Å². The van der Waals surface area contributed by atoms with Crippen molar-refractivity contribution in [1.82, 2.24) is 10.2 Å². The van der Waals surface area contributed by atoms with Crippen LogP contribution in [-0.4, -0.2) is 10.2 Å². The Bertz CT molecular complexity index is 644. The predicted octanol–water partition coefficient (Wildman–Crippen LogP) is 3.30. The average Bonchev–Trinajstić information content (AvgIpc) is 2.50. The van der Waals surface area contributed by atoms with E-state index >= 15 is 0 Å². The summed E-state index contributed by atoms with van der Waals surface area (Å²) in [6, 6.07) is 4.72. The smallest absolute Gasteiger partial charge is 0.243 e. The van der Waals surface area contributed by atoms with Gasteiger partial charge in [0.25, 0.3) is 0 Å². The van der Waals surface area contributed by atoms with Crippen molar-refractivity contribution < 1.29 is 9.13 Å². The van der Waals surface area contributed by atoms with Gasteiger partial charge in [0.15, 0.2) is 0 Å². The van der Waals surface area contributed by atoms with Crippen LogP contribution in [0, 0.1) is 12.7 Å². The van der Waals surface area contributed by atoms with Crippen molar-refractivity contribution in [3.8, 4) is 11.6 Å². The Hall–Kier alpha value is -2.01. The third-order valence-corrected chi connectivity index (χ3v) is 3.48. The molecule has 0 saturated carbocycles. The molecule has 0 atom stereocenters. The molecule has 0 unspecified atom stereocenters. The van der Waals surface area contributed by atoms with Crippen molar-refractivity contribution >= 4 is 0 Å². The summed E-state index contributed by atoms with van der Waals surface area (Å²) < 4.78 is 19.3. The molecule has 2 rings (SSSR count). The third kappa shape index (κ3) is 3.19. The first kappa shape index (κ1) is 15.4. The van der Waals surface area contributed by atoms with Crippen molar-refractivity contribution in [3.05, 3.63) is 46.4 Å². The summed E-state index contributed by atoms with van der Waals surface area (Å²) in [5, 5.41) is 8.29. The fraction of sp³-hybridized carbons (Fsp3) is 0.375. The van der Waals surface area contributed by atoms with E-state index in [1.165, 1.54) is 6.07 Å². The summed E-state index contributed by atoms with van der Waals surface area (Å²) in [5.74, 6) is 0.443. The largest absolute Gasteiger partial charge is 0.437 e. The first-order valence-corrected chi connectivity index (χ1v) is 7.12. The minimum atomic E-state index is -0.310. The lowest BCUT2D eigenvalue weighted by Crippen LogP contribution is -2.10. The first-order chi connectivity index (χ1) is 10.1. The Morgan fingerprint density at radius 1 is 1.14 bits per heavy atom. The SMILES string of the molecule is CCc1nnc(Oc2ccc(C)c(F)c2)c(CN)c1CC. The second-order valence-electron chi connectivity index (χ2n) is 4.83. The second-order valence-corrected chi connectivity index (χ2v) is 4.83. The zero-order valence-electron chi connectivity index (χ0n) is 12.6. The fourth-order valence-electron chi connectivity index (χ4n) is 2.27. The lowest BCUT2D eigenvalue weighted by Gasteiger charge is -2.14. The molecule has 1 aromatic heterocycles. The topological polar surface area (TPSA) is 61.0 Å². The summed E-state index contributed by atoms with van der Waals surface area (Å²) in [6.45, 7) is 6.09. The highest BCUT2D eigenvalue weighted by atomic mass is 19.1. The van der Waals surface area contributed by atoms with E-state index in [1.807, 2.05) is 13.8 Å². The van der Waals surface area contributed by atoms with Crippen LogP contribution in [0.25, 0.3) is 0 Å². The van der Waals surface area contributed by atoms with Crippen LogP contribution in [0.2, 0.25) is 0 Å². The number of halogens is 1. The predicted molar refractivity (Wildman–Crippen MR) is 79.9 cm³/mol. The molecule has 21 heavy (non-hydrogen) atoms. The molecule has 0 spiro atoms. The van der Waals surface area contributed by atoms with E-state index < -0.39 is 0 Å². The minimum absolute atomic E-state index is 0.310. The van der Waals surface area contributed by atoms with Crippen LogP contribution in [0.1, 0.15) is 36.2 Å². The van der Waals surface area contributed by atoms with Gasteiger partial charge in [-0.3, -0.25) is 0 Å². The zero-order valence-corrected chi connectivity index (χ0v) is 12.6. The maximum absolute atomic E-state index is 13.6. The van der Waals surface area contributed by atoms with Gasteiger partial charge in [0, 0.05) is 18.2 Å². The molecule has 0 aliphatic carbocycles. The standard InChI is InChI=1S/C16H20FN3O/c1-4-12-13(9-18)16(20-19-15(12)5-2)21-11-7-6-10(3)14(17)8-11/h6-8H,4-5,9,18H2,1-3H3. The molecule has 0 radical (unpaired) electrons. The lowest BCUT2D eigenvalue weighted by molar-refractivity contribution is 0.441. The summed E-state index contributed by atoms with van der Waals surface area (Å²) in [5.41, 5.74) is 9.25. The molecule has 0 aliphatic rings. The highest BCUT2D eigenvalue weighted by molar-refractivity contribution is 5.40. The van der Waals surface area contributed by atoms with Crippen LogP contribution < -0.4 is 10.5 Å². The fourth-order valence-corrected chi connectivity index (χ4v) is 2.27. The van der Waals surface area contributed by atoms with Gasteiger partial charge in [0.05, 0.1) is 5.69 Å². The number of hydrogen-bond acceptors (Lipinski definition) is 4. The molecule has 0 fully saturated rings. The van der Waals surface area contributed by atoms with Crippen LogP contribution in [0.5, 0.6) is 11.6 Å². The molecule has 0 bridgehead atoms. The molecule has 0 aliphatic heterocycles. The maximum Gasteiger partial charge on any atom is 0.243 e. The molecule has 1 heterocycles. The van der Waals surface area contributed by atoms with Crippen LogP contribution in [0.4, 0.5) is 4.39 Å². The van der Waals surface area contributed by atoms with Gasteiger partial charge in [-0.05, 0) is 37.0 Å². The average molecular weight is 289 g/mol. The molecular formula is C16H20FN3O. The maximum atomic E-state index is 13.6. The monoisotopic (exact) mass is 289 g/mol. The number of rotatable bonds is 5. The minimum Gasteiger partial charge on any atom is -0.437 e. The number of ether oxygens (including phenoxy) is 1. The number of nitrogens with two attached hydrogens (primary N) is 1. The Balaban J connectivity index is 2.41. The highest BCUT2D eigenvalue weighted by Gasteiger charge is 2.15. The molecule has 2 N–H and O–H groups in total. The normalized spacial score (nSPS) is 10.7. The van der Waals surface area contributed by atoms with Crippen molar-refractivity contribution in [1.29, 1.82) is 0 Å². The lowest BCUT2D eigenvalue weighted by atomic mass is 10.0. The third-order valence-electron chi connectivity index (χ3n) is 3.48. The van der Waals surface area contributed by atoms with Crippen molar-refractivity contribution in [2.75, 3.05) is 0 Å². The van der Waals surface area contributed by atoms with Gasteiger partial charge in [-0.1, -0.05) is 19.9 Å². The summed E-state index contributed by atoms with van der Waals surface area (Å²) in [6.07, 6.45) is 1.60. The number of nitrogens with zero attached hydrogens (tertiary/aromatic N) is 2. The Labute approximate surface area is 124 Å². The Morgan fingerprint density at radius 2 is 1.90 bits per heavy atom. The van der Waals surface area contributed by atoms with Gasteiger partial charge >= 0.3 is 0 Å². The van der Waals surface area contributed by atoms with E-state index in [4.69, 9.17) is 10.5 Å². The molecule has 0 amide bonds. The molecule has 0 saturated heterocycles. The van der Waals surface area contributed by atoms with Gasteiger partial charge in [0.1, 0.15) is 11.6 Å². The van der Waals surface area contributed by atoms with E-state index in [-0.39, 0.29) is 5.82 Å². The van der Waals surface area contributed by atoms with E-state index in [1.54, 1.807) is 19.1 Å². The van der Waals surface area contributed by atoms with Crippen LogP contribution in [0.15, 0.2) is 18.2 Å². The Morgan fingerprint density at radius 3 is 2.48 bits per heavy atom. The summed E-state index contributed by atoms with van der Waals surface area (Å²) >= 11 is 0. The van der Waals surface area contributed by atoms with Gasteiger partial charge in [-0.2, -0.15) is 5.10 Å². The van der Waals surface area contributed by atoms with Crippen molar-refractivity contribution in [2.24, 2.45) is 5.73 Å². The van der Waals surface area contributed by atoms with E-state index in [0.717, 1.165) is 29.7 Å². The zero-order chi connectivity index (χ0) is 15.4. The van der Waals surface area contributed by atoms with Crippen molar-refractivity contribution in [2.45, 2.75) is 40.2 Å². The van der Waals surface area contributed by atoms with E-state index in [2.05, 4.69) is 10.2 Å². The van der Waals surface area contributed by atoms with Gasteiger partial charge in [-0.25, -0.2) is 4.39 Å². The van der Waals surface area contributed by atoms with Gasteiger partial charge in [-0.15, -0.1) is 5.10 Å². The van der Waals surface area contributed by atoms with Gasteiger partial charge < -0.3 is 10.5 Å². The quantitative estimate of drug-likeness (QED) is 0.917. The molecule has 2 aromatic rings. The van der Waals surface area contributed by atoms with E-state index in [9.17, 15) is 4.39 Å².